The third kappa shape index (κ3) is 4.07. The second-order valence-electron chi connectivity index (χ2n) is 2.96. The second-order valence-corrected chi connectivity index (χ2v) is 2.96. The number of hydrogen-bond acceptors (Lipinski definition) is 3. The van der Waals surface area contributed by atoms with E-state index in [1.54, 1.807) is 13.1 Å². The molecule has 0 aliphatic rings. The summed E-state index contributed by atoms with van der Waals surface area (Å²) >= 11 is 0. The number of hydrazone groups is 1. The van der Waals surface area contributed by atoms with E-state index in [0.29, 0.717) is 11.4 Å². The van der Waals surface area contributed by atoms with Gasteiger partial charge in [-0.25, -0.2) is 4.99 Å². The lowest BCUT2D eigenvalue weighted by molar-refractivity contribution is 0.898. The molecule has 0 amide bonds. The van der Waals surface area contributed by atoms with Crippen LogP contribution in [0.3, 0.4) is 0 Å². The topological polar surface area (TPSA) is 60.5 Å². The molecular weight excluding hydrogens is 212 g/mol. The van der Waals surface area contributed by atoms with Crippen molar-refractivity contribution in [3.05, 3.63) is 34.9 Å². The van der Waals surface area contributed by atoms with Crippen LogP contribution in [0.5, 0.6) is 0 Å². The van der Waals surface area contributed by atoms with Crippen LogP contribution in [0.1, 0.15) is 30.5 Å². The van der Waals surface area contributed by atoms with Crippen LogP contribution in [0.2, 0.25) is 0 Å². The number of amidine groups is 1. The van der Waals surface area contributed by atoms with Gasteiger partial charge < -0.3 is 5.43 Å². The van der Waals surface area contributed by atoms with Gasteiger partial charge in [0.25, 0.3) is 0 Å². The molecule has 0 heterocycles. The van der Waals surface area contributed by atoms with Crippen LogP contribution < -0.4 is 5.43 Å². The molecule has 0 fully saturated rings. The van der Waals surface area contributed by atoms with Crippen molar-refractivity contribution in [1.82, 2.24) is 5.43 Å². The summed E-state index contributed by atoms with van der Waals surface area (Å²) in [4.78, 5) is 3.78. The number of aliphatic imine (C=N–C) groups is 1. The maximum atomic E-state index is 8.88. The summed E-state index contributed by atoms with van der Waals surface area (Å²) in [6.07, 6.45) is 0. The van der Waals surface area contributed by atoms with Crippen LogP contribution in [0.15, 0.2) is 28.3 Å². The summed E-state index contributed by atoms with van der Waals surface area (Å²) < 4.78 is 0. The Balaban J connectivity index is 0.00000121. The third-order valence-electron chi connectivity index (χ3n) is 1.98. The van der Waals surface area contributed by atoms with Gasteiger partial charge in [-0.1, -0.05) is 26.0 Å². The Labute approximate surface area is 103 Å². The average molecular weight is 230 g/mol. The molecule has 0 unspecified atom stereocenters. The highest BCUT2D eigenvalue weighted by atomic mass is 15.3. The summed E-state index contributed by atoms with van der Waals surface area (Å²) in [5, 5.41) is 12.8. The van der Waals surface area contributed by atoms with E-state index in [9.17, 15) is 0 Å². The summed E-state index contributed by atoms with van der Waals surface area (Å²) in [5.74, 6) is 0.481. The Morgan fingerprint density at radius 1 is 1.41 bits per heavy atom. The molecule has 1 N–H and O–H groups in total. The van der Waals surface area contributed by atoms with Crippen molar-refractivity contribution in [2.75, 3.05) is 7.05 Å². The molecule has 0 aliphatic heterocycles. The molecule has 0 aliphatic carbocycles. The van der Waals surface area contributed by atoms with Gasteiger partial charge in [-0.3, -0.25) is 0 Å². The minimum absolute atomic E-state index is 0.481. The number of nitrogens with one attached hydrogen (secondary N) is 1. The van der Waals surface area contributed by atoms with Crippen LogP contribution in [0.25, 0.3) is 0 Å². The van der Waals surface area contributed by atoms with Crippen molar-refractivity contribution >= 4 is 12.6 Å². The lowest BCUT2D eigenvalue weighted by atomic mass is 10.1. The Morgan fingerprint density at radius 3 is 2.53 bits per heavy atom. The molecule has 0 saturated heterocycles. The Morgan fingerprint density at radius 2 is 2.06 bits per heavy atom. The van der Waals surface area contributed by atoms with Gasteiger partial charge in [0.15, 0.2) is 5.84 Å². The monoisotopic (exact) mass is 230 g/mol. The number of nitriles is 1. The summed E-state index contributed by atoms with van der Waals surface area (Å²) in [7, 11) is 1.69. The van der Waals surface area contributed by atoms with E-state index >= 15 is 0 Å². The number of rotatable bonds is 2. The molecule has 1 rings (SSSR count). The SMILES string of the molecule is C=N/C(=N\NC)c1ccc(C)c(C#N)c1.CC. The van der Waals surface area contributed by atoms with E-state index in [0.717, 1.165) is 11.1 Å². The molecule has 0 atom stereocenters. The zero-order valence-corrected chi connectivity index (χ0v) is 10.8. The number of benzene rings is 1. The summed E-state index contributed by atoms with van der Waals surface area (Å²) in [5.41, 5.74) is 4.98. The molecule has 1 aromatic rings. The number of hydrogen-bond donors (Lipinski definition) is 1. The largest absolute Gasteiger partial charge is 0.311 e. The van der Waals surface area contributed by atoms with Crippen LogP contribution >= 0.6 is 0 Å². The summed E-state index contributed by atoms with van der Waals surface area (Å²) in [6, 6.07) is 7.60. The lowest BCUT2D eigenvalue weighted by Crippen LogP contribution is -2.05. The molecule has 17 heavy (non-hydrogen) atoms. The average Bonchev–Trinajstić information content (AvgIpc) is 2.39. The van der Waals surface area contributed by atoms with Crippen molar-refractivity contribution in [2.24, 2.45) is 10.1 Å². The first-order chi connectivity index (χ1) is 8.22. The van der Waals surface area contributed by atoms with Crippen molar-refractivity contribution in [2.45, 2.75) is 20.8 Å². The van der Waals surface area contributed by atoms with Crippen LogP contribution in [-0.4, -0.2) is 19.6 Å². The van der Waals surface area contributed by atoms with Gasteiger partial charge in [0.2, 0.25) is 0 Å². The lowest BCUT2D eigenvalue weighted by Gasteiger charge is -2.02. The van der Waals surface area contributed by atoms with Crippen molar-refractivity contribution in [3.63, 3.8) is 0 Å². The molecule has 0 saturated carbocycles. The maximum absolute atomic E-state index is 8.88. The van der Waals surface area contributed by atoms with Gasteiger partial charge in [-0.15, -0.1) is 0 Å². The second kappa shape index (κ2) is 8.05. The fourth-order valence-corrected chi connectivity index (χ4v) is 1.18. The third-order valence-corrected chi connectivity index (χ3v) is 1.98. The van der Waals surface area contributed by atoms with E-state index in [2.05, 4.69) is 28.3 Å². The van der Waals surface area contributed by atoms with Crippen molar-refractivity contribution in [1.29, 1.82) is 5.26 Å². The molecule has 1 aromatic carbocycles. The molecule has 0 bridgehead atoms. The van der Waals surface area contributed by atoms with Gasteiger partial charge >= 0.3 is 0 Å². The fourth-order valence-electron chi connectivity index (χ4n) is 1.18. The van der Waals surface area contributed by atoms with Gasteiger partial charge in [-0.2, -0.15) is 10.4 Å². The van der Waals surface area contributed by atoms with Gasteiger partial charge in [-0.05, 0) is 25.3 Å². The van der Waals surface area contributed by atoms with Crippen molar-refractivity contribution in [3.8, 4) is 6.07 Å². The first kappa shape index (κ1) is 14.8. The van der Waals surface area contributed by atoms with E-state index in [4.69, 9.17) is 5.26 Å². The normalized spacial score (nSPS) is 9.71. The van der Waals surface area contributed by atoms with Gasteiger partial charge in [0.1, 0.15) is 0 Å². The van der Waals surface area contributed by atoms with E-state index in [1.807, 2.05) is 32.9 Å². The molecule has 90 valence electrons. The number of aryl methyl sites for hydroxylation is 1. The predicted octanol–water partition coefficient (Wildman–Crippen LogP) is 2.47. The summed E-state index contributed by atoms with van der Waals surface area (Å²) in [6.45, 7) is 9.32. The molecule has 0 spiro atoms. The first-order valence-corrected chi connectivity index (χ1v) is 5.45. The Bertz CT molecular complexity index is 441. The highest BCUT2D eigenvalue weighted by Crippen LogP contribution is 2.11. The Hall–Kier alpha value is -2.15. The minimum atomic E-state index is 0.481. The highest BCUT2D eigenvalue weighted by Gasteiger charge is 2.04. The van der Waals surface area contributed by atoms with Gasteiger partial charge in [0.05, 0.1) is 11.6 Å². The molecule has 0 aromatic heterocycles. The van der Waals surface area contributed by atoms with E-state index < -0.39 is 0 Å². The Kier molecular flexibility index (Phi) is 7.04. The van der Waals surface area contributed by atoms with E-state index in [-0.39, 0.29) is 0 Å². The zero-order chi connectivity index (χ0) is 13.3. The van der Waals surface area contributed by atoms with Crippen LogP contribution in [-0.2, 0) is 0 Å². The molecular formula is C13H18N4. The fraction of sp³-hybridized carbons (Fsp3) is 0.308. The predicted molar refractivity (Wildman–Crippen MR) is 72.4 cm³/mol. The van der Waals surface area contributed by atoms with Crippen LogP contribution in [0.4, 0.5) is 0 Å². The highest BCUT2D eigenvalue weighted by molar-refractivity contribution is 6.01. The molecule has 4 nitrogen and oxygen atoms in total. The standard InChI is InChI=1S/C11H12N4.C2H6/c1-8-4-5-9(6-10(8)7-12)11(13-2)15-14-3;1-2/h4-6,14H,2H2,1,3H3;1-2H3/b15-11-;. The molecule has 0 radical (unpaired) electrons. The van der Waals surface area contributed by atoms with Gasteiger partial charge in [0, 0.05) is 12.6 Å². The van der Waals surface area contributed by atoms with E-state index in [1.165, 1.54) is 0 Å². The maximum Gasteiger partial charge on any atom is 0.178 e. The molecule has 4 heteroatoms. The first-order valence-electron chi connectivity index (χ1n) is 5.45. The number of nitrogens with zero attached hydrogens (tertiary/aromatic N) is 3. The van der Waals surface area contributed by atoms with Crippen LogP contribution in [0, 0.1) is 18.3 Å². The zero-order valence-electron chi connectivity index (χ0n) is 10.8. The quantitative estimate of drug-likeness (QED) is 0.482. The smallest absolute Gasteiger partial charge is 0.178 e. The van der Waals surface area contributed by atoms with Crippen molar-refractivity contribution < 1.29 is 0 Å². The minimum Gasteiger partial charge on any atom is -0.311 e.